The Morgan fingerprint density at radius 3 is 2.88 bits per heavy atom. The third kappa shape index (κ3) is 3.41. The van der Waals surface area contributed by atoms with Crippen LogP contribution in [0.3, 0.4) is 0 Å². The van der Waals surface area contributed by atoms with Gasteiger partial charge in [-0.25, -0.2) is 4.98 Å². The van der Waals surface area contributed by atoms with E-state index in [4.69, 9.17) is 10.5 Å². The average molecular weight is 235 g/mol. The molecule has 0 atom stereocenters. The van der Waals surface area contributed by atoms with Crippen molar-refractivity contribution >= 4 is 5.82 Å². The van der Waals surface area contributed by atoms with Crippen LogP contribution in [-0.4, -0.2) is 31.8 Å². The van der Waals surface area contributed by atoms with Gasteiger partial charge >= 0.3 is 0 Å². The van der Waals surface area contributed by atoms with Gasteiger partial charge in [-0.15, -0.1) is 0 Å². The highest BCUT2D eigenvalue weighted by atomic mass is 16.5. The average Bonchev–Trinajstić information content (AvgIpc) is 2.40. The Balaban J connectivity index is 1.95. The lowest BCUT2D eigenvalue weighted by atomic mass is 10.00. The van der Waals surface area contributed by atoms with E-state index in [1.165, 1.54) is 0 Å². The molecule has 4 nitrogen and oxygen atoms in total. The summed E-state index contributed by atoms with van der Waals surface area (Å²) in [7, 11) is 2.10. The predicted molar refractivity (Wildman–Crippen MR) is 68.9 cm³/mol. The summed E-state index contributed by atoms with van der Waals surface area (Å²) in [4.78, 5) is 6.74. The Hall–Kier alpha value is -1.13. The minimum atomic E-state index is 0.499. The Morgan fingerprint density at radius 1 is 1.41 bits per heavy atom. The zero-order valence-corrected chi connectivity index (χ0v) is 10.4. The number of pyridine rings is 1. The van der Waals surface area contributed by atoms with Gasteiger partial charge < -0.3 is 15.4 Å². The molecule has 0 radical (unpaired) electrons. The second kappa shape index (κ2) is 5.98. The molecule has 0 aliphatic carbocycles. The smallest absolute Gasteiger partial charge is 0.128 e. The van der Waals surface area contributed by atoms with Crippen LogP contribution in [-0.2, 0) is 11.3 Å². The molecule has 2 rings (SSSR count). The number of hydrogen-bond donors (Lipinski definition) is 1. The molecule has 1 aromatic heterocycles. The summed E-state index contributed by atoms with van der Waals surface area (Å²) in [5.41, 5.74) is 6.55. The molecular formula is C13H21N3O. The molecule has 1 aliphatic heterocycles. The SMILES string of the molecule is CN(CC1CCOCC1)c1cccc(CN)n1. The van der Waals surface area contributed by atoms with Crippen LogP contribution in [0.1, 0.15) is 18.5 Å². The van der Waals surface area contributed by atoms with Crippen molar-refractivity contribution in [1.82, 2.24) is 4.98 Å². The molecule has 0 spiro atoms. The van der Waals surface area contributed by atoms with Crippen LogP contribution in [0.2, 0.25) is 0 Å². The Morgan fingerprint density at radius 2 is 2.18 bits per heavy atom. The van der Waals surface area contributed by atoms with Gasteiger partial charge in [0.05, 0.1) is 5.69 Å². The van der Waals surface area contributed by atoms with E-state index >= 15 is 0 Å². The molecular weight excluding hydrogens is 214 g/mol. The van der Waals surface area contributed by atoms with Crippen molar-refractivity contribution in [3.63, 3.8) is 0 Å². The molecule has 17 heavy (non-hydrogen) atoms. The summed E-state index contributed by atoms with van der Waals surface area (Å²) in [5.74, 6) is 1.73. The van der Waals surface area contributed by atoms with E-state index in [9.17, 15) is 0 Å². The predicted octanol–water partition coefficient (Wildman–Crippen LogP) is 1.40. The van der Waals surface area contributed by atoms with Crippen LogP contribution in [0.5, 0.6) is 0 Å². The molecule has 1 aliphatic rings. The lowest BCUT2D eigenvalue weighted by Gasteiger charge is -2.27. The molecule has 0 saturated carbocycles. The van der Waals surface area contributed by atoms with Gasteiger partial charge in [-0.2, -0.15) is 0 Å². The summed E-state index contributed by atoms with van der Waals surface area (Å²) in [6.45, 7) is 3.34. The van der Waals surface area contributed by atoms with Crippen molar-refractivity contribution in [1.29, 1.82) is 0 Å². The van der Waals surface area contributed by atoms with Gasteiger partial charge in [0.15, 0.2) is 0 Å². The number of nitrogens with zero attached hydrogens (tertiary/aromatic N) is 2. The number of rotatable bonds is 4. The Bertz CT molecular complexity index is 350. The first kappa shape index (κ1) is 12.3. The maximum Gasteiger partial charge on any atom is 0.128 e. The van der Waals surface area contributed by atoms with E-state index in [2.05, 4.69) is 16.9 Å². The minimum Gasteiger partial charge on any atom is -0.381 e. The summed E-state index contributed by atoms with van der Waals surface area (Å²) in [5, 5.41) is 0. The van der Waals surface area contributed by atoms with E-state index in [0.29, 0.717) is 6.54 Å². The van der Waals surface area contributed by atoms with Crippen molar-refractivity contribution in [2.45, 2.75) is 19.4 Å². The zero-order valence-electron chi connectivity index (χ0n) is 10.4. The highest BCUT2D eigenvalue weighted by Gasteiger charge is 2.16. The maximum atomic E-state index is 5.61. The molecule has 0 aromatic carbocycles. The molecule has 0 amide bonds. The van der Waals surface area contributed by atoms with Crippen molar-refractivity contribution in [3.8, 4) is 0 Å². The Kier molecular flexibility index (Phi) is 4.34. The molecule has 4 heteroatoms. The van der Waals surface area contributed by atoms with Crippen LogP contribution < -0.4 is 10.6 Å². The maximum absolute atomic E-state index is 5.61. The first-order chi connectivity index (χ1) is 8.29. The van der Waals surface area contributed by atoms with Crippen LogP contribution >= 0.6 is 0 Å². The van der Waals surface area contributed by atoms with Crippen LogP contribution in [0.25, 0.3) is 0 Å². The number of aromatic nitrogens is 1. The topological polar surface area (TPSA) is 51.4 Å². The van der Waals surface area contributed by atoms with Gasteiger partial charge in [0.1, 0.15) is 5.82 Å². The monoisotopic (exact) mass is 235 g/mol. The largest absolute Gasteiger partial charge is 0.381 e. The molecule has 0 bridgehead atoms. The number of nitrogens with two attached hydrogens (primary N) is 1. The van der Waals surface area contributed by atoms with Gasteiger partial charge in [0.25, 0.3) is 0 Å². The van der Waals surface area contributed by atoms with Gasteiger partial charge in [-0.05, 0) is 30.9 Å². The quantitative estimate of drug-likeness (QED) is 0.857. The summed E-state index contributed by atoms with van der Waals surface area (Å²) >= 11 is 0. The standard InChI is InChI=1S/C13H21N3O/c1-16(10-11-5-7-17-8-6-11)13-4-2-3-12(9-14)15-13/h2-4,11H,5-10,14H2,1H3. The number of anilines is 1. The molecule has 1 aromatic rings. The second-order valence-electron chi connectivity index (χ2n) is 4.63. The lowest BCUT2D eigenvalue weighted by molar-refractivity contribution is 0.0685. The Labute approximate surface area is 103 Å². The van der Waals surface area contributed by atoms with Gasteiger partial charge in [-0.1, -0.05) is 6.07 Å². The lowest BCUT2D eigenvalue weighted by Crippen LogP contribution is -2.30. The second-order valence-corrected chi connectivity index (χ2v) is 4.63. The fourth-order valence-corrected chi connectivity index (χ4v) is 2.20. The number of ether oxygens (including phenoxy) is 1. The van der Waals surface area contributed by atoms with E-state index in [1.54, 1.807) is 0 Å². The normalized spacial score (nSPS) is 17.1. The first-order valence-electron chi connectivity index (χ1n) is 6.24. The summed E-state index contributed by atoms with van der Waals surface area (Å²) in [6, 6.07) is 6.02. The van der Waals surface area contributed by atoms with Crippen LogP contribution in [0, 0.1) is 5.92 Å². The third-order valence-corrected chi connectivity index (χ3v) is 3.27. The van der Waals surface area contributed by atoms with Gasteiger partial charge in [0, 0.05) is 33.4 Å². The van der Waals surface area contributed by atoms with Crippen molar-refractivity contribution < 1.29 is 4.74 Å². The summed E-state index contributed by atoms with van der Waals surface area (Å²) in [6.07, 6.45) is 2.31. The highest BCUT2D eigenvalue weighted by molar-refractivity contribution is 5.38. The van der Waals surface area contributed by atoms with E-state index in [-0.39, 0.29) is 0 Å². The van der Waals surface area contributed by atoms with Crippen LogP contribution in [0.4, 0.5) is 5.82 Å². The zero-order chi connectivity index (χ0) is 12.1. The molecule has 2 heterocycles. The first-order valence-corrected chi connectivity index (χ1v) is 6.24. The van der Waals surface area contributed by atoms with E-state index in [1.807, 2.05) is 18.2 Å². The molecule has 2 N–H and O–H groups in total. The molecule has 1 fully saturated rings. The van der Waals surface area contributed by atoms with E-state index < -0.39 is 0 Å². The minimum absolute atomic E-state index is 0.499. The van der Waals surface area contributed by atoms with Gasteiger partial charge in [-0.3, -0.25) is 0 Å². The van der Waals surface area contributed by atoms with Gasteiger partial charge in [0.2, 0.25) is 0 Å². The fourth-order valence-electron chi connectivity index (χ4n) is 2.20. The molecule has 0 unspecified atom stereocenters. The van der Waals surface area contributed by atoms with Crippen LogP contribution in [0.15, 0.2) is 18.2 Å². The van der Waals surface area contributed by atoms with Crippen molar-refractivity contribution in [2.24, 2.45) is 11.7 Å². The van der Waals surface area contributed by atoms with Crippen molar-refractivity contribution in [2.75, 3.05) is 31.7 Å². The highest BCUT2D eigenvalue weighted by Crippen LogP contribution is 2.18. The van der Waals surface area contributed by atoms with E-state index in [0.717, 1.165) is 50.0 Å². The molecule has 94 valence electrons. The summed E-state index contributed by atoms with van der Waals surface area (Å²) < 4.78 is 5.37. The van der Waals surface area contributed by atoms with Crippen molar-refractivity contribution in [3.05, 3.63) is 23.9 Å². The third-order valence-electron chi connectivity index (χ3n) is 3.27. The fraction of sp³-hybridized carbons (Fsp3) is 0.615. The molecule has 1 saturated heterocycles. The number of hydrogen-bond acceptors (Lipinski definition) is 4.